The number of oxazole rings is 1. The summed E-state index contributed by atoms with van der Waals surface area (Å²) in [5.41, 5.74) is -0.632. The van der Waals surface area contributed by atoms with Crippen LogP contribution in [0.15, 0.2) is 27.4 Å². The number of aromatic amines is 1. The van der Waals surface area contributed by atoms with Crippen molar-refractivity contribution >= 4 is 17.0 Å². The third-order valence-electron chi connectivity index (χ3n) is 3.88. The van der Waals surface area contributed by atoms with Crippen LogP contribution >= 0.6 is 0 Å². The van der Waals surface area contributed by atoms with Crippen molar-refractivity contribution in [2.75, 3.05) is 13.1 Å². The van der Waals surface area contributed by atoms with Crippen molar-refractivity contribution in [3.63, 3.8) is 0 Å². The number of amides is 1. The van der Waals surface area contributed by atoms with Crippen LogP contribution in [0.4, 0.5) is 8.78 Å². The van der Waals surface area contributed by atoms with Crippen LogP contribution in [-0.4, -0.2) is 46.0 Å². The smallest absolute Gasteiger partial charge is 0.408 e. The van der Waals surface area contributed by atoms with E-state index in [1.807, 2.05) is 0 Å². The lowest BCUT2D eigenvalue weighted by Gasteiger charge is -2.22. The van der Waals surface area contributed by atoms with E-state index in [0.29, 0.717) is 16.7 Å². The topological polar surface area (TPSA) is 86.5 Å². The molecular weight excluding hydrogens is 298 g/mol. The number of hydrogen-bond acceptors (Lipinski definition) is 4. The molecule has 1 aliphatic rings. The summed E-state index contributed by atoms with van der Waals surface area (Å²) in [6.07, 6.45) is -3.01. The van der Waals surface area contributed by atoms with E-state index in [-0.39, 0.29) is 31.8 Å². The van der Waals surface area contributed by atoms with Crippen LogP contribution in [0, 0.1) is 0 Å². The molecular formula is C14H14F2N2O4. The number of carbonyl (C=O) groups is 1. The Hall–Kier alpha value is -2.22. The summed E-state index contributed by atoms with van der Waals surface area (Å²) < 4.78 is 30.3. The minimum absolute atomic E-state index is 0.00245. The first-order chi connectivity index (χ1) is 10.4. The molecule has 1 aliphatic heterocycles. The van der Waals surface area contributed by atoms with E-state index in [1.165, 1.54) is 4.90 Å². The van der Waals surface area contributed by atoms with E-state index >= 15 is 0 Å². The molecule has 2 heterocycles. The first kappa shape index (κ1) is 14.7. The molecule has 8 heteroatoms. The van der Waals surface area contributed by atoms with Crippen molar-refractivity contribution in [3.05, 3.63) is 34.3 Å². The summed E-state index contributed by atoms with van der Waals surface area (Å²) in [6.45, 7) is -0.265. The summed E-state index contributed by atoms with van der Waals surface area (Å²) in [6, 6.07) is 4.80. The summed E-state index contributed by atoms with van der Waals surface area (Å²) in [5.74, 6) is -0.929. The molecule has 1 saturated heterocycles. The minimum atomic E-state index is -2.88. The van der Waals surface area contributed by atoms with Crippen LogP contribution in [0.2, 0.25) is 0 Å². The van der Waals surface area contributed by atoms with E-state index in [2.05, 4.69) is 4.98 Å². The molecule has 1 aromatic carbocycles. The highest BCUT2D eigenvalue weighted by atomic mass is 19.3. The molecule has 1 aromatic heterocycles. The van der Waals surface area contributed by atoms with Gasteiger partial charge in [-0.25, -0.2) is 13.6 Å². The van der Waals surface area contributed by atoms with Gasteiger partial charge in [-0.3, -0.25) is 9.78 Å². The largest absolute Gasteiger partial charge is 0.417 e. The Balaban J connectivity index is 1.72. The molecule has 1 fully saturated rings. The number of halogens is 2. The molecule has 0 aliphatic carbocycles. The zero-order valence-electron chi connectivity index (χ0n) is 11.5. The zero-order valence-corrected chi connectivity index (χ0v) is 11.5. The second kappa shape index (κ2) is 5.20. The number of fused-ring (bicyclic) bond motifs is 1. The average Bonchev–Trinajstić information content (AvgIpc) is 3.01. The maximum Gasteiger partial charge on any atom is 0.417 e. The molecule has 1 amide bonds. The standard InChI is InChI=1S/C14H14F2N2O4/c15-12(16)14(21)3-4-18(7-14)11(19)6-8-1-2-10-9(5-8)17-13(20)22-10/h1-2,5,12,21H,3-4,6-7H2,(H,17,20). The highest BCUT2D eigenvalue weighted by molar-refractivity contribution is 5.81. The SMILES string of the molecule is O=C(Cc1ccc2oc(=O)[nH]c2c1)N1CCC(O)(C(F)F)C1. The maximum atomic E-state index is 12.7. The second-order valence-electron chi connectivity index (χ2n) is 5.49. The fourth-order valence-corrected chi connectivity index (χ4v) is 2.60. The quantitative estimate of drug-likeness (QED) is 0.881. The summed E-state index contributed by atoms with van der Waals surface area (Å²) in [4.78, 5) is 26.9. The number of nitrogens with zero attached hydrogens (tertiary/aromatic N) is 1. The number of likely N-dealkylation sites (tertiary alicyclic amines) is 1. The van der Waals surface area contributed by atoms with Crippen molar-refractivity contribution in [1.82, 2.24) is 9.88 Å². The van der Waals surface area contributed by atoms with Crippen LogP contribution in [-0.2, 0) is 11.2 Å². The number of rotatable bonds is 3. The van der Waals surface area contributed by atoms with Crippen LogP contribution in [0.25, 0.3) is 11.1 Å². The Kier molecular flexibility index (Phi) is 3.48. The number of nitrogens with one attached hydrogen (secondary N) is 1. The van der Waals surface area contributed by atoms with Gasteiger partial charge in [-0.05, 0) is 17.7 Å². The molecule has 118 valence electrons. The summed E-state index contributed by atoms with van der Waals surface area (Å²) in [7, 11) is 0. The number of H-pyrrole nitrogens is 1. The van der Waals surface area contributed by atoms with E-state index in [4.69, 9.17) is 4.42 Å². The van der Waals surface area contributed by atoms with Crippen molar-refractivity contribution in [2.45, 2.75) is 24.9 Å². The lowest BCUT2D eigenvalue weighted by Crippen LogP contribution is -2.42. The zero-order chi connectivity index (χ0) is 15.9. The molecule has 0 radical (unpaired) electrons. The predicted molar refractivity (Wildman–Crippen MR) is 72.7 cm³/mol. The van der Waals surface area contributed by atoms with Gasteiger partial charge in [0.2, 0.25) is 5.91 Å². The van der Waals surface area contributed by atoms with Gasteiger partial charge in [0, 0.05) is 13.0 Å². The summed E-state index contributed by atoms with van der Waals surface area (Å²) >= 11 is 0. The fourth-order valence-electron chi connectivity index (χ4n) is 2.60. The second-order valence-corrected chi connectivity index (χ2v) is 5.49. The Morgan fingerprint density at radius 3 is 2.95 bits per heavy atom. The normalized spacial score (nSPS) is 21.9. The lowest BCUT2D eigenvalue weighted by molar-refractivity contribution is -0.132. The van der Waals surface area contributed by atoms with Gasteiger partial charge in [-0.2, -0.15) is 0 Å². The van der Waals surface area contributed by atoms with Crippen molar-refractivity contribution < 1.29 is 23.1 Å². The van der Waals surface area contributed by atoms with Crippen LogP contribution in [0.5, 0.6) is 0 Å². The van der Waals surface area contributed by atoms with Crippen LogP contribution < -0.4 is 5.76 Å². The Bertz CT molecular complexity index is 770. The maximum absolute atomic E-state index is 12.7. The van der Waals surface area contributed by atoms with Crippen molar-refractivity contribution in [2.24, 2.45) is 0 Å². The molecule has 2 aromatic rings. The van der Waals surface area contributed by atoms with Crippen molar-refractivity contribution in [3.8, 4) is 0 Å². The fraction of sp³-hybridized carbons (Fsp3) is 0.429. The molecule has 1 atom stereocenters. The van der Waals surface area contributed by atoms with E-state index in [0.717, 1.165) is 0 Å². The molecule has 0 saturated carbocycles. The minimum Gasteiger partial charge on any atom is -0.408 e. The average molecular weight is 312 g/mol. The number of hydrogen-bond donors (Lipinski definition) is 2. The monoisotopic (exact) mass is 312 g/mol. The van der Waals surface area contributed by atoms with Crippen molar-refractivity contribution in [1.29, 1.82) is 0 Å². The van der Waals surface area contributed by atoms with Gasteiger partial charge in [0.1, 0.15) is 5.60 Å². The van der Waals surface area contributed by atoms with E-state index < -0.39 is 17.8 Å². The molecule has 0 bridgehead atoms. The highest BCUT2D eigenvalue weighted by Crippen LogP contribution is 2.28. The number of aromatic nitrogens is 1. The molecule has 3 rings (SSSR count). The predicted octanol–water partition coefficient (Wildman–Crippen LogP) is 0.892. The van der Waals surface area contributed by atoms with Gasteiger partial charge in [0.25, 0.3) is 6.43 Å². The van der Waals surface area contributed by atoms with Gasteiger partial charge >= 0.3 is 5.76 Å². The van der Waals surface area contributed by atoms with Gasteiger partial charge in [-0.15, -0.1) is 0 Å². The Morgan fingerprint density at radius 1 is 1.50 bits per heavy atom. The van der Waals surface area contributed by atoms with E-state index in [1.54, 1.807) is 18.2 Å². The number of benzene rings is 1. The third kappa shape index (κ3) is 2.61. The number of carbonyl (C=O) groups excluding carboxylic acids is 1. The molecule has 1 unspecified atom stereocenters. The van der Waals surface area contributed by atoms with Gasteiger partial charge in [0.05, 0.1) is 18.5 Å². The first-order valence-electron chi connectivity index (χ1n) is 6.77. The summed E-state index contributed by atoms with van der Waals surface area (Å²) in [5, 5.41) is 9.70. The molecule has 22 heavy (non-hydrogen) atoms. The first-order valence-corrected chi connectivity index (χ1v) is 6.77. The van der Waals surface area contributed by atoms with Gasteiger partial charge in [-0.1, -0.05) is 6.07 Å². The molecule has 2 N–H and O–H groups in total. The van der Waals surface area contributed by atoms with Gasteiger partial charge < -0.3 is 14.4 Å². The number of aliphatic hydroxyl groups is 1. The molecule has 0 spiro atoms. The van der Waals surface area contributed by atoms with Crippen LogP contribution in [0.3, 0.4) is 0 Å². The number of β-amino-alcohol motifs (C(OH)–C–C–N with tert-alkyl or cyclic N) is 1. The highest BCUT2D eigenvalue weighted by Gasteiger charge is 2.45. The Morgan fingerprint density at radius 2 is 2.27 bits per heavy atom. The Labute approximate surface area is 123 Å². The van der Waals surface area contributed by atoms with Crippen LogP contribution in [0.1, 0.15) is 12.0 Å². The number of alkyl halides is 2. The third-order valence-corrected chi connectivity index (χ3v) is 3.88. The van der Waals surface area contributed by atoms with Gasteiger partial charge in [0.15, 0.2) is 5.58 Å². The van der Waals surface area contributed by atoms with E-state index in [9.17, 15) is 23.5 Å². The molecule has 6 nitrogen and oxygen atoms in total. The lowest BCUT2D eigenvalue weighted by atomic mass is 10.1.